The summed E-state index contributed by atoms with van der Waals surface area (Å²) >= 11 is 0. The zero-order chi connectivity index (χ0) is 12.5. The highest BCUT2D eigenvalue weighted by molar-refractivity contribution is 5.80. The number of aromatic nitrogens is 1. The van der Waals surface area contributed by atoms with Crippen LogP contribution in [0.1, 0.15) is 11.3 Å². The number of amides is 1. The Bertz CT molecular complexity index is 463. The molecule has 2 atom stereocenters. The second-order valence-electron chi connectivity index (χ2n) is 4.93. The predicted molar refractivity (Wildman–Crippen MR) is 65.6 cm³/mol. The van der Waals surface area contributed by atoms with Crippen molar-refractivity contribution in [3.8, 4) is 0 Å². The number of fused-ring (bicyclic) bond motifs is 1. The molecule has 1 saturated heterocycles. The van der Waals surface area contributed by atoms with Crippen LogP contribution in [-0.4, -0.2) is 41.6 Å². The number of carbonyl (C=O) groups is 1. The Balaban J connectivity index is 1.74. The molecule has 2 aliphatic rings. The van der Waals surface area contributed by atoms with Crippen LogP contribution in [0.5, 0.6) is 0 Å². The molecule has 0 spiro atoms. The first kappa shape index (κ1) is 11.6. The number of carbonyl (C=O) groups excluding carboxylic acids is 1. The van der Waals surface area contributed by atoms with E-state index in [1.807, 2.05) is 17.0 Å². The molecule has 5 heteroatoms. The molecule has 0 aliphatic carbocycles. The fourth-order valence-electron chi connectivity index (χ4n) is 2.61. The maximum absolute atomic E-state index is 12.4. The zero-order valence-electron chi connectivity index (χ0n) is 10.2. The van der Waals surface area contributed by atoms with Crippen molar-refractivity contribution in [2.45, 2.75) is 19.0 Å². The van der Waals surface area contributed by atoms with Gasteiger partial charge in [0.15, 0.2) is 0 Å². The van der Waals surface area contributed by atoms with E-state index < -0.39 is 0 Å². The summed E-state index contributed by atoms with van der Waals surface area (Å²) in [6.45, 7) is 2.32. The normalized spacial score (nSPS) is 27.1. The Kier molecular flexibility index (Phi) is 3.01. The van der Waals surface area contributed by atoms with Crippen LogP contribution in [-0.2, 0) is 22.5 Å². The molecule has 3 rings (SSSR count). The highest BCUT2D eigenvalue weighted by atomic mass is 16.5. The van der Waals surface area contributed by atoms with Gasteiger partial charge in [0.2, 0.25) is 5.91 Å². The largest absolute Gasteiger partial charge is 0.379 e. The van der Waals surface area contributed by atoms with E-state index in [9.17, 15) is 4.79 Å². The minimum Gasteiger partial charge on any atom is -0.379 e. The first-order valence-corrected chi connectivity index (χ1v) is 6.30. The van der Waals surface area contributed by atoms with Gasteiger partial charge in [0.05, 0.1) is 19.1 Å². The molecule has 0 bridgehead atoms. The number of hydrogen-bond acceptors (Lipinski definition) is 4. The second-order valence-corrected chi connectivity index (χ2v) is 4.93. The van der Waals surface area contributed by atoms with E-state index in [0.717, 1.165) is 24.2 Å². The smallest absolute Gasteiger partial charge is 0.229 e. The van der Waals surface area contributed by atoms with Crippen LogP contribution in [0, 0.1) is 5.92 Å². The molecule has 0 aromatic carbocycles. The monoisotopic (exact) mass is 247 g/mol. The first-order valence-electron chi connectivity index (χ1n) is 6.30. The van der Waals surface area contributed by atoms with Crippen LogP contribution in [0.15, 0.2) is 18.3 Å². The standard InChI is InChI=1S/C13H17N3O2/c14-11-8-18-7-10(11)13(17)16-5-3-12-9(6-16)2-1-4-15-12/h1-2,4,10-11H,3,5-8,14H2. The highest BCUT2D eigenvalue weighted by Crippen LogP contribution is 2.21. The van der Waals surface area contributed by atoms with Crippen LogP contribution >= 0.6 is 0 Å². The Morgan fingerprint density at radius 2 is 2.39 bits per heavy atom. The third-order valence-corrected chi connectivity index (χ3v) is 3.72. The van der Waals surface area contributed by atoms with Gasteiger partial charge in [-0.2, -0.15) is 0 Å². The molecule has 3 heterocycles. The molecule has 18 heavy (non-hydrogen) atoms. The molecule has 0 radical (unpaired) electrons. The maximum Gasteiger partial charge on any atom is 0.229 e. The van der Waals surface area contributed by atoms with Gasteiger partial charge in [-0.1, -0.05) is 6.07 Å². The number of ether oxygens (including phenoxy) is 1. The Hall–Kier alpha value is -1.46. The molecular weight excluding hydrogens is 230 g/mol. The fraction of sp³-hybridized carbons (Fsp3) is 0.538. The van der Waals surface area contributed by atoms with Gasteiger partial charge in [0, 0.05) is 37.4 Å². The average Bonchev–Trinajstić information content (AvgIpc) is 2.83. The minimum absolute atomic E-state index is 0.120. The van der Waals surface area contributed by atoms with Crippen molar-refractivity contribution in [2.75, 3.05) is 19.8 Å². The van der Waals surface area contributed by atoms with Crippen molar-refractivity contribution >= 4 is 5.91 Å². The van der Waals surface area contributed by atoms with Gasteiger partial charge >= 0.3 is 0 Å². The summed E-state index contributed by atoms with van der Waals surface area (Å²) in [5, 5.41) is 0. The van der Waals surface area contributed by atoms with Crippen LogP contribution in [0.4, 0.5) is 0 Å². The van der Waals surface area contributed by atoms with Crippen LogP contribution in [0.2, 0.25) is 0 Å². The van der Waals surface area contributed by atoms with E-state index >= 15 is 0 Å². The number of nitrogens with zero attached hydrogens (tertiary/aromatic N) is 2. The molecule has 5 nitrogen and oxygen atoms in total. The van der Waals surface area contributed by atoms with Gasteiger partial charge in [-0.15, -0.1) is 0 Å². The molecule has 1 fully saturated rings. The average molecular weight is 247 g/mol. The van der Waals surface area contributed by atoms with Crippen molar-refractivity contribution in [1.82, 2.24) is 9.88 Å². The van der Waals surface area contributed by atoms with Crippen LogP contribution < -0.4 is 5.73 Å². The number of rotatable bonds is 1. The molecular formula is C13H17N3O2. The van der Waals surface area contributed by atoms with E-state index in [1.165, 1.54) is 0 Å². The molecule has 96 valence electrons. The van der Waals surface area contributed by atoms with Crippen molar-refractivity contribution in [1.29, 1.82) is 0 Å². The van der Waals surface area contributed by atoms with Gasteiger partial charge in [-0.25, -0.2) is 0 Å². The van der Waals surface area contributed by atoms with Gasteiger partial charge in [-0.05, 0) is 11.6 Å². The zero-order valence-corrected chi connectivity index (χ0v) is 10.2. The number of nitrogens with two attached hydrogens (primary N) is 1. The first-order chi connectivity index (χ1) is 8.75. The lowest BCUT2D eigenvalue weighted by molar-refractivity contribution is -0.136. The van der Waals surface area contributed by atoms with E-state index in [4.69, 9.17) is 10.5 Å². The minimum atomic E-state index is -0.178. The van der Waals surface area contributed by atoms with E-state index in [1.54, 1.807) is 6.20 Å². The Morgan fingerprint density at radius 3 is 3.17 bits per heavy atom. The SMILES string of the molecule is NC1COCC1C(=O)N1CCc2ncccc2C1. The summed E-state index contributed by atoms with van der Waals surface area (Å²) in [5.41, 5.74) is 8.14. The maximum atomic E-state index is 12.4. The molecule has 2 N–H and O–H groups in total. The van der Waals surface area contributed by atoms with Crippen molar-refractivity contribution < 1.29 is 9.53 Å². The second kappa shape index (κ2) is 4.66. The summed E-state index contributed by atoms with van der Waals surface area (Å²) in [7, 11) is 0. The van der Waals surface area contributed by atoms with Crippen LogP contribution in [0.25, 0.3) is 0 Å². The highest BCUT2D eigenvalue weighted by Gasteiger charge is 2.35. The molecule has 1 aromatic rings. The summed E-state index contributed by atoms with van der Waals surface area (Å²) < 4.78 is 5.27. The van der Waals surface area contributed by atoms with Gasteiger partial charge < -0.3 is 15.4 Å². The lowest BCUT2D eigenvalue weighted by Gasteiger charge is -2.30. The van der Waals surface area contributed by atoms with E-state index in [0.29, 0.717) is 19.8 Å². The van der Waals surface area contributed by atoms with Gasteiger partial charge in [0.25, 0.3) is 0 Å². The van der Waals surface area contributed by atoms with Gasteiger partial charge in [-0.3, -0.25) is 9.78 Å². The lowest BCUT2D eigenvalue weighted by atomic mass is 9.99. The lowest BCUT2D eigenvalue weighted by Crippen LogP contribution is -2.45. The summed E-state index contributed by atoms with van der Waals surface area (Å²) in [6.07, 6.45) is 2.63. The topological polar surface area (TPSA) is 68.5 Å². The summed E-state index contributed by atoms with van der Waals surface area (Å²) in [5.74, 6) is -0.0577. The fourth-order valence-corrected chi connectivity index (χ4v) is 2.61. The third kappa shape index (κ3) is 2.00. The summed E-state index contributed by atoms with van der Waals surface area (Å²) in [6, 6.07) is 3.79. The van der Waals surface area contributed by atoms with Crippen molar-refractivity contribution in [3.63, 3.8) is 0 Å². The number of hydrogen-bond donors (Lipinski definition) is 1. The molecule has 2 aliphatic heterocycles. The molecule has 0 saturated carbocycles. The molecule has 2 unspecified atom stereocenters. The quantitative estimate of drug-likeness (QED) is 0.755. The third-order valence-electron chi connectivity index (χ3n) is 3.72. The van der Waals surface area contributed by atoms with E-state index in [2.05, 4.69) is 4.98 Å². The molecule has 1 aromatic heterocycles. The number of pyridine rings is 1. The van der Waals surface area contributed by atoms with Crippen molar-refractivity contribution in [3.05, 3.63) is 29.6 Å². The predicted octanol–water partition coefficient (Wildman–Crippen LogP) is -0.0600. The Morgan fingerprint density at radius 1 is 1.50 bits per heavy atom. The van der Waals surface area contributed by atoms with Crippen molar-refractivity contribution in [2.24, 2.45) is 11.7 Å². The molecule has 1 amide bonds. The Labute approximate surface area is 106 Å². The summed E-state index contributed by atoms with van der Waals surface area (Å²) in [4.78, 5) is 18.6. The van der Waals surface area contributed by atoms with Crippen LogP contribution in [0.3, 0.4) is 0 Å². The van der Waals surface area contributed by atoms with Gasteiger partial charge in [0.1, 0.15) is 0 Å². The van der Waals surface area contributed by atoms with E-state index in [-0.39, 0.29) is 17.9 Å².